The number of rotatable bonds is 3. The van der Waals surface area contributed by atoms with Gasteiger partial charge in [0.1, 0.15) is 12.4 Å². The van der Waals surface area contributed by atoms with Crippen LogP contribution in [-0.2, 0) is 16.8 Å². The van der Waals surface area contributed by atoms with Crippen LogP contribution in [0.4, 0.5) is 0 Å². The number of fused-ring (bicyclic) bond motifs is 1. The van der Waals surface area contributed by atoms with Crippen LogP contribution >= 0.6 is 0 Å². The summed E-state index contributed by atoms with van der Waals surface area (Å²) in [5, 5.41) is 9.27. The SMILES string of the molecule is Cc1cc2nc(C3(C)CCCC3)n(CC(=O)O)c2cc1C. The van der Waals surface area contributed by atoms with E-state index in [4.69, 9.17) is 4.98 Å². The molecule has 1 aromatic carbocycles. The molecule has 0 radical (unpaired) electrons. The minimum absolute atomic E-state index is 0.01000. The van der Waals surface area contributed by atoms with Gasteiger partial charge >= 0.3 is 5.97 Å². The number of carboxylic acid groups (broad SMARTS) is 1. The number of carbonyl (C=O) groups is 1. The third-order valence-corrected chi connectivity index (χ3v) is 4.90. The first kappa shape index (κ1) is 14.1. The summed E-state index contributed by atoms with van der Waals surface area (Å²) in [6.45, 7) is 6.34. The molecule has 0 atom stereocenters. The van der Waals surface area contributed by atoms with Crippen molar-refractivity contribution < 1.29 is 9.90 Å². The summed E-state index contributed by atoms with van der Waals surface area (Å²) in [5.41, 5.74) is 4.25. The molecule has 2 aromatic rings. The number of nitrogens with zero attached hydrogens (tertiary/aromatic N) is 2. The van der Waals surface area contributed by atoms with Gasteiger partial charge in [-0.1, -0.05) is 19.8 Å². The number of aliphatic carboxylic acids is 1. The normalized spacial score (nSPS) is 17.5. The molecule has 1 aliphatic carbocycles. The summed E-state index contributed by atoms with van der Waals surface area (Å²) in [4.78, 5) is 16.1. The molecule has 1 N–H and O–H groups in total. The van der Waals surface area contributed by atoms with Gasteiger partial charge in [-0.15, -0.1) is 0 Å². The van der Waals surface area contributed by atoms with E-state index < -0.39 is 5.97 Å². The molecule has 112 valence electrons. The monoisotopic (exact) mass is 286 g/mol. The lowest BCUT2D eigenvalue weighted by Crippen LogP contribution is -2.25. The highest BCUT2D eigenvalue weighted by Crippen LogP contribution is 2.41. The van der Waals surface area contributed by atoms with Crippen molar-refractivity contribution in [3.05, 3.63) is 29.1 Å². The van der Waals surface area contributed by atoms with Gasteiger partial charge < -0.3 is 9.67 Å². The molecule has 4 nitrogen and oxygen atoms in total. The summed E-state index contributed by atoms with van der Waals surface area (Å²) in [6.07, 6.45) is 4.58. The summed E-state index contributed by atoms with van der Waals surface area (Å²) in [7, 11) is 0. The van der Waals surface area contributed by atoms with Crippen molar-refractivity contribution in [2.24, 2.45) is 0 Å². The van der Waals surface area contributed by atoms with E-state index in [2.05, 4.69) is 32.9 Å². The van der Waals surface area contributed by atoms with Crippen molar-refractivity contribution in [2.75, 3.05) is 0 Å². The summed E-state index contributed by atoms with van der Waals surface area (Å²) in [6, 6.07) is 4.15. The fraction of sp³-hybridized carbons (Fsp3) is 0.529. The van der Waals surface area contributed by atoms with E-state index in [1.54, 1.807) is 0 Å². The number of aromatic nitrogens is 2. The topological polar surface area (TPSA) is 55.1 Å². The molecule has 3 rings (SSSR count). The van der Waals surface area contributed by atoms with Crippen LogP contribution in [0.3, 0.4) is 0 Å². The smallest absolute Gasteiger partial charge is 0.323 e. The van der Waals surface area contributed by atoms with Crippen molar-refractivity contribution in [1.82, 2.24) is 9.55 Å². The quantitative estimate of drug-likeness (QED) is 0.938. The molecule has 1 heterocycles. The van der Waals surface area contributed by atoms with Crippen LogP contribution in [-0.4, -0.2) is 20.6 Å². The number of aryl methyl sites for hydroxylation is 2. The number of benzene rings is 1. The lowest BCUT2D eigenvalue weighted by Gasteiger charge is -2.23. The Labute approximate surface area is 124 Å². The molecule has 21 heavy (non-hydrogen) atoms. The van der Waals surface area contributed by atoms with Gasteiger partial charge in [0.2, 0.25) is 0 Å². The van der Waals surface area contributed by atoms with Crippen molar-refractivity contribution in [1.29, 1.82) is 0 Å². The van der Waals surface area contributed by atoms with Gasteiger partial charge in [-0.05, 0) is 49.9 Å². The van der Waals surface area contributed by atoms with Gasteiger partial charge in [0.15, 0.2) is 0 Å². The van der Waals surface area contributed by atoms with Crippen LogP contribution < -0.4 is 0 Å². The third kappa shape index (κ3) is 2.33. The van der Waals surface area contributed by atoms with E-state index in [-0.39, 0.29) is 12.0 Å². The fourth-order valence-corrected chi connectivity index (χ4v) is 3.52. The molecule has 1 aliphatic rings. The zero-order valence-corrected chi connectivity index (χ0v) is 12.9. The van der Waals surface area contributed by atoms with Crippen molar-refractivity contribution in [2.45, 2.75) is 58.4 Å². The highest BCUT2D eigenvalue weighted by Gasteiger charge is 2.35. The Balaban J connectivity index is 2.24. The molecular weight excluding hydrogens is 264 g/mol. The van der Waals surface area contributed by atoms with E-state index in [0.29, 0.717) is 0 Å². The van der Waals surface area contributed by atoms with Crippen molar-refractivity contribution in [3.8, 4) is 0 Å². The van der Waals surface area contributed by atoms with Crippen LogP contribution in [0.5, 0.6) is 0 Å². The average Bonchev–Trinajstić information content (AvgIpc) is 2.97. The third-order valence-electron chi connectivity index (χ3n) is 4.90. The fourth-order valence-electron chi connectivity index (χ4n) is 3.52. The molecule has 1 aromatic heterocycles. The lowest BCUT2D eigenvalue weighted by atomic mass is 9.88. The predicted octanol–water partition coefficient (Wildman–Crippen LogP) is 3.57. The minimum atomic E-state index is -0.810. The number of hydrogen-bond acceptors (Lipinski definition) is 2. The molecule has 0 aliphatic heterocycles. The average molecular weight is 286 g/mol. The van der Waals surface area contributed by atoms with Gasteiger partial charge in [0.25, 0.3) is 0 Å². The summed E-state index contributed by atoms with van der Waals surface area (Å²) in [5.74, 6) is 0.137. The minimum Gasteiger partial charge on any atom is -0.480 e. The van der Waals surface area contributed by atoms with Gasteiger partial charge in [-0.3, -0.25) is 4.79 Å². The standard InChI is InChI=1S/C17H22N2O2/c1-11-8-13-14(9-12(11)2)19(10-15(20)21)16(18-13)17(3)6-4-5-7-17/h8-9H,4-7,10H2,1-3H3,(H,20,21). The molecule has 0 amide bonds. The Hall–Kier alpha value is -1.84. The van der Waals surface area contributed by atoms with Gasteiger partial charge in [-0.25, -0.2) is 4.98 Å². The number of imidazole rings is 1. The molecule has 0 bridgehead atoms. The second-order valence-electron chi connectivity index (χ2n) is 6.61. The Morgan fingerprint density at radius 3 is 2.52 bits per heavy atom. The molecular formula is C17H22N2O2. The van der Waals surface area contributed by atoms with E-state index >= 15 is 0 Å². The Kier molecular flexibility index (Phi) is 3.27. The maximum atomic E-state index is 11.3. The van der Waals surface area contributed by atoms with Crippen LogP contribution in [0.25, 0.3) is 11.0 Å². The Morgan fingerprint density at radius 1 is 1.29 bits per heavy atom. The van der Waals surface area contributed by atoms with Crippen LogP contribution in [0, 0.1) is 13.8 Å². The highest BCUT2D eigenvalue weighted by atomic mass is 16.4. The van der Waals surface area contributed by atoms with E-state index in [0.717, 1.165) is 29.7 Å². The first-order valence-corrected chi connectivity index (χ1v) is 7.60. The van der Waals surface area contributed by atoms with Crippen molar-refractivity contribution in [3.63, 3.8) is 0 Å². The Morgan fingerprint density at radius 2 is 1.90 bits per heavy atom. The molecule has 4 heteroatoms. The molecule has 0 unspecified atom stereocenters. The van der Waals surface area contributed by atoms with Crippen LogP contribution in [0.15, 0.2) is 12.1 Å². The molecule has 1 saturated carbocycles. The summed E-state index contributed by atoms with van der Waals surface area (Å²) >= 11 is 0. The van der Waals surface area contributed by atoms with E-state index in [1.165, 1.54) is 24.0 Å². The van der Waals surface area contributed by atoms with Crippen LogP contribution in [0.1, 0.15) is 49.6 Å². The molecule has 1 fully saturated rings. The largest absolute Gasteiger partial charge is 0.480 e. The van der Waals surface area contributed by atoms with E-state index in [9.17, 15) is 9.90 Å². The maximum Gasteiger partial charge on any atom is 0.323 e. The number of carboxylic acids is 1. The second kappa shape index (κ2) is 4.86. The molecule has 0 spiro atoms. The Bertz CT molecular complexity index is 709. The van der Waals surface area contributed by atoms with Crippen LogP contribution in [0.2, 0.25) is 0 Å². The van der Waals surface area contributed by atoms with Gasteiger partial charge in [0, 0.05) is 5.41 Å². The van der Waals surface area contributed by atoms with Crippen molar-refractivity contribution >= 4 is 17.0 Å². The zero-order chi connectivity index (χ0) is 15.2. The lowest BCUT2D eigenvalue weighted by molar-refractivity contribution is -0.137. The first-order chi connectivity index (χ1) is 9.90. The van der Waals surface area contributed by atoms with E-state index in [1.807, 2.05) is 4.57 Å². The zero-order valence-electron chi connectivity index (χ0n) is 12.9. The highest BCUT2D eigenvalue weighted by molar-refractivity contribution is 5.80. The molecule has 0 saturated heterocycles. The first-order valence-electron chi connectivity index (χ1n) is 7.60. The maximum absolute atomic E-state index is 11.3. The van der Waals surface area contributed by atoms with Gasteiger partial charge in [-0.2, -0.15) is 0 Å². The number of hydrogen-bond donors (Lipinski definition) is 1. The predicted molar refractivity (Wildman–Crippen MR) is 82.7 cm³/mol. The second-order valence-corrected chi connectivity index (χ2v) is 6.61. The summed E-state index contributed by atoms with van der Waals surface area (Å²) < 4.78 is 1.91. The van der Waals surface area contributed by atoms with Gasteiger partial charge in [0.05, 0.1) is 11.0 Å².